The highest BCUT2D eigenvalue weighted by atomic mass is 16.3. The van der Waals surface area contributed by atoms with Gasteiger partial charge in [0.25, 0.3) is 0 Å². The van der Waals surface area contributed by atoms with E-state index < -0.39 is 0 Å². The first-order valence-corrected chi connectivity index (χ1v) is 18.8. The van der Waals surface area contributed by atoms with Crippen molar-refractivity contribution in [3.05, 3.63) is 176 Å². The molecule has 3 aromatic heterocycles. The molecule has 0 bridgehead atoms. The van der Waals surface area contributed by atoms with Crippen LogP contribution < -0.4 is 0 Å². The summed E-state index contributed by atoms with van der Waals surface area (Å²) in [4.78, 5) is 15.5. The third kappa shape index (κ3) is 4.78. The highest BCUT2D eigenvalue weighted by Crippen LogP contribution is 2.43. The van der Waals surface area contributed by atoms with Crippen molar-refractivity contribution < 1.29 is 8.83 Å². The van der Waals surface area contributed by atoms with Crippen molar-refractivity contribution in [2.45, 2.75) is 0 Å². The van der Waals surface area contributed by atoms with E-state index in [9.17, 15) is 0 Å². The molecule has 0 aliphatic carbocycles. The monoisotopic (exact) mass is 715 g/mol. The van der Waals surface area contributed by atoms with Crippen molar-refractivity contribution >= 4 is 76.2 Å². The second kappa shape index (κ2) is 11.9. The molecule has 0 saturated carbocycles. The summed E-state index contributed by atoms with van der Waals surface area (Å²) >= 11 is 0. The fourth-order valence-corrected chi connectivity index (χ4v) is 8.38. The number of hydrogen-bond acceptors (Lipinski definition) is 5. The van der Waals surface area contributed by atoms with E-state index in [2.05, 4.69) is 152 Å². The molecule has 5 nitrogen and oxygen atoms in total. The lowest BCUT2D eigenvalue weighted by Gasteiger charge is -2.10. The number of aromatic nitrogens is 3. The molecule has 9 aromatic carbocycles. The van der Waals surface area contributed by atoms with Gasteiger partial charge in [0, 0.05) is 43.6 Å². The van der Waals surface area contributed by atoms with Crippen LogP contribution >= 0.6 is 0 Å². The average Bonchev–Trinajstić information content (AvgIpc) is 3.84. The first kappa shape index (κ1) is 30.8. The SMILES string of the molecule is c1ccc2cc(-c3nc(-c4ccc5ccccc5c4)nc(-c4cccc5oc6cc(-c7cc8ccccc8c8oc9ccccc9c78)ccc6c45)n3)ccc2c1. The van der Waals surface area contributed by atoms with Crippen LogP contribution in [0.5, 0.6) is 0 Å². The molecule has 12 rings (SSSR count). The van der Waals surface area contributed by atoms with Crippen molar-refractivity contribution in [3.8, 4) is 45.3 Å². The molecule has 0 N–H and O–H groups in total. The minimum absolute atomic E-state index is 0.588. The molecule has 0 amide bonds. The van der Waals surface area contributed by atoms with Crippen LogP contribution in [-0.2, 0) is 0 Å². The molecule has 0 unspecified atom stereocenters. The Morgan fingerprint density at radius 2 is 0.875 bits per heavy atom. The van der Waals surface area contributed by atoms with Gasteiger partial charge >= 0.3 is 0 Å². The largest absolute Gasteiger partial charge is 0.456 e. The lowest BCUT2D eigenvalue weighted by molar-refractivity contribution is 0.669. The van der Waals surface area contributed by atoms with Crippen molar-refractivity contribution in [3.63, 3.8) is 0 Å². The van der Waals surface area contributed by atoms with Gasteiger partial charge in [-0.15, -0.1) is 0 Å². The van der Waals surface area contributed by atoms with E-state index in [1.165, 1.54) is 10.8 Å². The van der Waals surface area contributed by atoms with E-state index in [4.69, 9.17) is 23.8 Å². The third-order valence-electron chi connectivity index (χ3n) is 11.1. The van der Waals surface area contributed by atoms with Gasteiger partial charge in [-0.2, -0.15) is 0 Å². The van der Waals surface area contributed by atoms with Gasteiger partial charge in [0.2, 0.25) is 0 Å². The number of hydrogen-bond donors (Lipinski definition) is 0. The maximum atomic E-state index is 6.68. The van der Waals surface area contributed by atoms with Gasteiger partial charge in [0.15, 0.2) is 17.5 Å². The zero-order valence-corrected chi connectivity index (χ0v) is 29.9. The maximum Gasteiger partial charge on any atom is 0.164 e. The second-order valence-electron chi connectivity index (χ2n) is 14.4. The van der Waals surface area contributed by atoms with E-state index in [1.54, 1.807) is 0 Å². The predicted octanol–water partition coefficient (Wildman–Crippen LogP) is 13.8. The molecule has 3 heterocycles. The van der Waals surface area contributed by atoms with Crippen LogP contribution in [0.4, 0.5) is 0 Å². The summed E-state index contributed by atoms with van der Waals surface area (Å²) in [5.74, 6) is 1.82. The molecule has 0 atom stereocenters. The Morgan fingerprint density at radius 1 is 0.304 bits per heavy atom. The molecular weight excluding hydrogens is 687 g/mol. The van der Waals surface area contributed by atoms with Gasteiger partial charge in [0.05, 0.1) is 0 Å². The standard InChI is InChI=1S/C51H29N3O2/c1-3-12-32-26-36(22-20-30(32)10-1)49-52-50(37-23-21-31-11-2-4-13-33(31)27-37)54-51(53-49)41-17-9-19-44-46(41)40-25-24-35(29-45(40)55-44)42-28-34-14-5-6-15-38(34)48-47(42)39-16-7-8-18-43(39)56-48/h1-29H. The van der Waals surface area contributed by atoms with Crippen LogP contribution in [-0.4, -0.2) is 15.0 Å². The van der Waals surface area contributed by atoms with E-state index in [0.29, 0.717) is 17.5 Å². The molecule has 56 heavy (non-hydrogen) atoms. The maximum absolute atomic E-state index is 6.68. The van der Waals surface area contributed by atoms with Gasteiger partial charge in [-0.3, -0.25) is 0 Å². The zero-order chi connectivity index (χ0) is 36.7. The fourth-order valence-electron chi connectivity index (χ4n) is 8.38. The first-order chi connectivity index (χ1) is 27.7. The molecule has 0 radical (unpaired) electrons. The van der Waals surface area contributed by atoms with Crippen LogP contribution in [0.25, 0.3) is 121 Å². The smallest absolute Gasteiger partial charge is 0.164 e. The number of benzene rings is 9. The Labute approximate surface area is 320 Å². The van der Waals surface area contributed by atoms with E-state index in [1.807, 2.05) is 24.3 Å². The van der Waals surface area contributed by atoms with E-state index >= 15 is 0 Å². The van der Waals surface area contributed by atoms with Gasteiger partial charge in [-0.25, -0.2) is 15.0 Å². The Morgan fingerprint density at radius 3 is 1.61 bits per heavy atom. The first-order valence-electron chi connectivity index (χ1n) is 18.8. The summed E-state index contributed by atoms with van der Waals surface area (Å²) in [6, 6.07) is 61.0. The molecule has 0 aliphatic rings. The molecule has 0 spiro atoms. The van der Waals surface area contributed by atoms with Crippen molar-refractivity contribution in [2.75, 3.05) is 0 Å². The van der Waals surface area contributed by atoms with Crippen LogP contribution in [0.3, 0.4) is 0 Å². The van der Waals surface area contributed by atoms with Crippen molar-refractivity contribution in [1.29, 1.82) is 0 Å². The predicted molar refractivity (Wildman–Crippen MR) is 229 cm³/mol. The Kier molecular flexibility index (Phi) is 6.56. The van der Waals surface area contributed by atoms with E-state index in [0.717, 1.165) is 93.2 Å². The zero-order valence-electron chi connectivity index (χ0n) is 29.9. The van der Waals surface area contributed by atoms with Crippen molar-refractivity contribution in [1.82, 2.24) is 15.0 Å². The number of rotatable bonds is 4. The van der Waals surface area contributed by atoms with E-state index in [-0.39, 0.29) is 0 Å². The Hall–Kier alpha value is -7.63. The molecule has 0 fully saturated rings. The highest BCUT2D eigenvalue weighted by molar-refractivity contribution is 6.22. The average molecular weight is 716 g/mol. The molecule has 5 heteroatoms. The Balaban J connectivity index is 1.07. The highest BCUT2D eigenvalue weighted by Gasteiger charge is 2.21. The summed E-state index contributed by atoms with van der Waals surface area (Å²) in [6.07, 6.45) is 0. The minimum Gasteiger partial charge on any atom is -0.456 e. The number of nitrogens with zero attached hydrogens (tertiary/aromatic N) is 3. The summed E-state index contributed by atoms with van der Waals surface area (Å²) in [6.45, 7) is 0. The summed E-state index contributed by atoms with van der Waals surface area (Å²) in [5.41, 5.74) is 8.22. The van der Waals surface area contributed by atoms with Gasteiger partial charge in [-0.05, 0) is 80.5 Å². The molecular formula is C51H29N3O2. The van der Waals surface area contributed by atoms with Gasteiger partial charge < -0.3 is 8.83 Å². The normalized spacial score (nSPS) is 11.9. The molecule has 12 aromatic rings. The van der Waals surface area contributed by atoms with Crippen LogP contribution in [0.15, 0.2) is 185 Å². The van der Waals surface area contributed by atoms with Gasteiger partial charge in [-0.1, -0.05) is 133 Å². The van der Waals surface area contributed by atoms with Crippen LogP contribution in [0.1, 0.15) is 0 Å². The number of fused-ring (bicyclic) bond motifs is 10. The molecule has 0 saturated heterocycles. The lowest BCUT2D eigenvalue weighted by Crippen LogP contribution is -2.00. The number of para-hydroxylation sites is 1. The topological polar surface area (TPSA) is 65.0 Å². The summed E-state index contributed by atoms with van der Waals surface area (Å²) in [5, 5.41) is 11.0. The summed E-state index contributed by atoms with van der Waals surface area (Å²) < 4.78 is 13.2. The quantitative estimate of drug-likeness (QED) is 0.181. The van der Waals surface area contributed by atoms with Crippen molar-refractivity contribution in [2.24, 2.45) is 0 Å². The van der Waals surface area contributed by atoms with Crippen LogP contribution in [0.2, 0.25) is 0 Å². The molecule has 260 valence electrons. The summed E-state index contributed by atoms with van der Waals surface area (Å²) in [7, 11) is 0. The Bertz CT molecular complexity index is 3460. The third-order valence-corrected chi connectivity index (χ3v) is 11.1. The second-order valence-corrected chi connectivity index (χ2v) is 14.4. The van der Waals surface area contributed by atoms with Crippen LogP contribution in [0, 0.1) is 0 Å². The molecule has 0 aliphatic heterocycles. The fraction of sp³-hybridized carbons (Fsp3) is 0. The minimum atomic E-state index is 0.588. The number of furan rings is 2. The lowest BCUT2D eigenvalue weighted by atomic mass is 9.94. The van der Waals surface area contributed by atoms with Gasteiger partial charge in [0.1, 0.15) is 22.3 Å².